The van der Waals surface area contributed by atoms with Crippen LogP contribution in [0.15, 0.2) is 95.9 Å². The lowest BCUT2D eigenvalue weighted by Gasteiger charge is -2.33. The van der Waals surface area contributed by atoms with Crippen molar-refractivity contribution < 1.29 is 14.6 Å². The van der Waals surface area contributed by atoms with Crippen molar-refractivity contribution in [2.75, 3.05) is 0 Å². The molecule has 0 saturated heterocycles. The molecule has 0 fully saturated rings. The van der Waals surface area contributed by atoms with Gasteiger partial charge in [-0.05, 0) is 49.5 Å². The van der Waals surface area contributed by atoms with Crippen LogP contribution < -0.4 is 0 Å². The van der Waals surface area contributed by atoms with Crippen LogP contribution in [0.5, 0.6) is 0 Å². The van der Waals surface area contributed by atoms with E-state index in [2.05, 4.69) is 6.58 Å². The predicted octanol–water partition coefficient (Wildman–Crippen LogP) is 5.68. The Morgan fingerprint density at radius 1 is 1.10 bits per heavy atom. The zero-order valence-electron chi connectivity index (χ0n) is 19.2. The maximum Gasteiger partial charge on any atom is 0.150 e. The molecule has 0 radical (unpaired) electrons. The molecule has 0 aliphatic heterocycles. The number of carbonyl (C=O) groups is 1. The first-order chi connectivity index (χ1) is 14.8. The van der Waals surface area contributed by atoms with Crippen LogP contribution in [0.4, 0.5) is 0 Å². The van der Waals surface area contributed by atoms with Gasteiger partial charge in [0.25, 0.3) is 0 Å². The summed E-state index contributed by atoms with van der Waals surface area (Å²) < 4.78 is 6.06. The van der Waals surface area contributed by atoms with E-state index in [1.165, 1.54) is 0 Å². The second kappa shape index (κ2) is 11.4. The van der Waals surface area contributed by atoms with Crippen LogP contribution in [0.2, 0.25) is 0 Å². The molecule has 0 saturated carbocycles. The van der Waals surface area contributed by atoms with Gasteiger partial charge in [-0.3, -0.25) is 4.79 Å². The molecule has 1 N–H and O–H groups in total. The van der Waals surface area contributed by atoms with E-state index in [9.17, 15) is 9.90 Å². The maximum atomic E-state index is 13.6. The Morgan fingerprint density at radius 2 is 1.65 bits per heavy atom. The fraction of sp³-hybridized carbons (Fsp3) is 0.296. The van der Waals surface area contributed by atoms with Crippen molar-refractivity contribution in [1.29, 1.82) is 0 Å². The molecule has 0 bridgehead atoms. The number of ketones is 1. The fourth-order valence-corrected chi connectivity index (χ4v) is 3.59. The van der Waals surface area contributed by atoms with Crippen LogP contribution in [0, 0.1) is 5.41 Å². The van der Waals surface area contributed by atoms with Gasteiger partial charge in [0, 0.05) is 6.42 Å². The van der Waals surface area contributed by atoms with Crippen molar-refractivity contribution in [2.45, 2.75) is 46.6 Å². The number of rotatable bonds is 11. The van der Waals surface area contributed by atoms with Crippen LogP contribution in [0.1, 0.15) is 44.7 Å². The molecule has 3 nitrogen and oxygen atoms in total. The number of Topliss-reactive ketones (excluding diaryl/α,β-unsaturated/α-hetero) is 1. The van der Waals surface area contributed by atoms with Crippen LogP contribution in [-0.4, -0.2) is 18.7 Å². The molecule has 162 valence electrons. The first-order valence-corrected chi connectivity index (χ1v) is 10.8. The molecule has 1 atom stereocenters. The number of aliphatic hydroxyl groups excluding tert-OH is 1. The lowest BCUT2D eigenvalue weighted by molar-refractivity contribution is -0.126. The minimum Gasteiger partial charge on any atom is -0.513 e. The predicted molar refractivity (Wildman–Crippen MR) is 130 cm³/mol. The minimum absolute atomic E-state index is 0.0229. The molecular weight excluding hydrogens is 383 g/mol. The highest BCUT2D eigenvalue weighted by Gasteiger charge is 2.40. The van der Waals surface area contributed by atoms with Gasteiger partial charge in [0.2, 0.25) is 0 Å². The molecule has 4 heteroatoms. The van der Waals surface area contributed by atoms with E-state index < -0.39 is 5.41 Å². The second-order valence-electron chi connectivity index (χ2n) is 8.06. The van der Waals surface area contributed by atoms with E-state index in [0.29, 0.717) is 25.2 Å². The second-order valence-corrected chi connectivity index (χ2v) is 8.06. The van der Waals surface area contributed by atoms with E-state index in [4.69, 9.17) is 4.74 Å². The Bertz CT molecular complexity index is 883. The molecular formula is C27H33BO3. The van der Waals surface area contributed by atoms with E-state index in [-0.39, 0.29) is 11.5 Å². The van der Waals surface area contributed by atoms with Crippen molar-refractivity contribution in [3.63, 3.8) is 0 Å². The monoisotopic (exact) mass is 416 g/mol. The summed E-state index contributed by atoms with van der Waals surface area (Å²) in [7, 11) is 1.99. The summed E-state index contributed by atoms with van der Waals surface area (Å²) >= 11 is 0. The fourth-order valence-electron chi connectivity index (χ4n) is 3.59. The van der Waals surface area contributed by atoms with Gasteiger partial charge in [-0.1, -0.05) is 74.2 Å². The largest absolute Gasteiger partial charge is 0.513 e. The number of hydrogen-bond acceptors (Lipinski definition) is 3. The smallest absolute Gasteiger partial charge is 0.150 e. The quantitative estimate of drug-likeness (QED) is 0.291. The van der Waals surface area contributed by atoms with Gasteiger partial charge in [-0.2, -0.15) is 0 Å². The van der Waals surface area contributed by atoms with Crippen molar-refractivity contribution in [2.24, 2.45) is 5.41 Å². The number of ether oxygens (including phenoxy) is 1. The number of benzene rings is 2. The zero-order chi connectivity index (χ0) is 22.9. The van der Waals surface area contributed by atoms with Crippen molar-refractivity contribution >= 4 is 13.6 Å². The summed E-state index contributed by atoms with van der Waals surface area (Å²) in [6.45, 7) is 10.0. The third-order valence-electron chi connectivity index (χ3n) is 5.74. The summed E-state index contributed by atoms with van der Waals surface area (Å²) in [5, 5.41) is 10.1. The highest BCUT2D eigenvalue weighted by atomic mass is 16.5. The number of aryl methyl sites for hydroxylation is 1. The molecule has 0 heterocycles. The highest BCUT2D eigenvalue weighted by Crippen LogP contribution is 2.41. The Morgan fingerprint density at radius 3 is 2.16 bits per heavy atom. The number of carbonyl (C=O) groups excluding carboxylic acids is 1. The maximum absolute atomic E-state index is 13.6. The van der Waals surface area contributed by atoms with Crippen LogP contribution in [-0.2, 0) is 22.6 Å². The standard InChI is InChI=1S/C27H33BO3/c1-5-25(28)24(18-20(2)29)27(4,21(3)31-19-23-14-10-7-11-15-23)26(30)17-16-22-12-8-6-9-13-22/h6-15,18,29H,3,5,16-17,19,28H2,1-2,4H3/b20-18+,25-24-. The molecule has 0 aliphatic rings. The molecule has 2 aromatic rings. The van der Waals surface area contributed by atoms with Crippen LogP contribution in [0.25, 0.3) is 0 Å². The molecule has 1 unspecified atom stereocenters. The summed E-state index contributed by atoms with van der Waals surface area (Å²) in [5.74, 6) is 0.574. The Labute approximate surface area is 187 Å². The lowest BCUT2D eigenvalue weighted by atomic mass is 9.69. The van der Waals surface area contributed by atoms with Gasteiger partial charge >= 0.3 is 0 Å². The Kier molecular flexibility index (Phi) is 8.93. The molecule has 0 spiro atoms. The minimum atomic E-state index is -1.06. The summed E-state index contributed by atoms with van der Waals surface area (Å²) in [6, 6.07) is 19.8. The van der Waals surface area contributed by atoms with Gasteiger partial charge in [-0.25, -0.2) is 0 Å². The SMILES string of the molecule is B/C(CC)=C(/C=C(\C)O)C(C)(C(=C)OCc1ccccc1)C(=O)CCc1ccccc1. The third kappa shape index (κ3) is 6.49. The number of allylic oxidation sites excluding steroid dienone is 4. The van der Waals surface area contributed by atoms with Crippen molar-refractivity contribution in [3.05, 3.63) is 107 Å². The van der Waals surface area contributed by atoms with Gasteiger partial charge in [0.1, 0.15) is 25.6 Å². The third-order valence-corrected chi connectivity index (χ3v) is 5.74. The van der Waals surface area contributed by atoms with Gasteiger partial charge in [-0.15, -0.1) is 5.47 Å². The molecule has 0 amide bonds. The van der Waals surface area contributed by atoms with E-state index >= 15 is 0 Å². The number of aliphatic hydroxyl groups is 1. The average molecular weight is 416 g/mol. The van der Waals surface area contributed by atoms with Crippen LogP contribution >= 0.6 is 0 Å². The van der Waals surface area contributed by atoms with Gasteiger partial charge < -0.3 is 9.84 Å². The van der Waals surface area contributed by atoms with Crippen molar-refractivity contribution in [3.8, 4) is 0 Å². The molecule has 31 heavy (non-hydrogen) atoms. The molecule has 2 rings (SSSR count). The molecule has 0 aliphatic carbocycles. The topological polar surface area (TPSA) is 46.5 Å². The van der Waals surface area contributed by atoms with E-state index in [1.807, 2.05) is 82.4 Å². The summed E-state index contributed by atoms with van der Waals surface area (Å²) in [4.78, 5) is 13.6. The van der Waals surface area contributed by atoms with E-state index in [1.54, 1.807) is 13.0 Å². The first-order valence-electron chi connectivity index (χ1n) is 10.8. The number of hydrogen-bond donors (Lipinski definition) is 1. The average Bonchev–Trinajstić information content (AvgIpc) is 2.79. The molecule has 2 aromatic carbocycles. The van der Waals surface area contributed by atoms with Crippen LogP contribution in [0.3, 0.4) is 0 Å². The summed E-state index contributed by atoms with van der Waals surface area (Å²) in [6.07, 6.45) is 3.43. The highest BCUT2D eigenvalue weighted by molar-refractivity contribution is 6.22. The zero-order valence-corrected chi connectivity index (χ0v) is 19.2. The molecule has 0 aromatic heterocycles. The van der Waals surface area contributed by atoms with E-state index in [0.717, 1.165) is 28.6 Å². The first kappa shape index (κ1) is 24.3. The Hall–Kier alpha value is -3.01. The van der Waals surface area contributed by atoms with Gasteiger partial charge in [0.15, 0.2) is 5.78 Å². The normalized spacial score (nSPS) is 14.4. The van der Waals surface area contributed by atoms with Gasteiger partial charge in [0.05, 0.1) is 5.76 Å². The van der Waals surface area contributed by atoms with Crippen molar-refractivity contribution in [1.82, 2.24) is 0 Å². The summed E-state index contributed by atoms with van der Waals surface area (Å²) in [5.41, 5.74) is 2.84. The lowest BCUT2D eigenvalue weighted by Crippen LogP contribution is -2.34. The Balaban J connectivity index is 2.37.